The fourth-order valence-corrected chi connectivity index (χ4v) is 4.78. The van der Waals surface area contributed by atoms with Crippen molar-refractivity contribution in [1.82, 2.24) is 15.2 Å². The largest absolute Gasteiger partial charge is 0.344 e. The number of benzene rings is 1. The summed E-state index contributed by atoms with van der Waals surface area (Å²) in [6.07, 6.45) is 6.49. The first-order chi connectivity index (χ1) is 11.6. The van der Waals surface area contributed by atoms with Gasteiger partial charge < -0.3 is 15.2 Å². The quantitative estimate of drug-likeness (QED) is 0.898. The number of hydrogen-bond acceptors (Lipinski definition) is 2. The Balaban J connectivity index is 1.73. The van der Waals surface area contributed by atoms with Crippen LogP contribution in [-0.2, 0) is 19.5 Å². The highest BCUT2D eigenvalue weighted by Gasteiger charge is 2.24. The van der Waals surface area contributed by atoms with E-state index in [9.17, 15) is 0 Å². The Bertz CT molecular complexity index is 737. The molecular weight excluding hydrogens is 294 g/mol. The van der Waals surface area contributed by atoms with Crippen molar-refractivity contribution in [3.05, 3.63) is 34.5 Å². The highest BCUT2D eigenvalue weighted by Crippen LogP contribution is 2.33. The van der Waals surface area contributed by atoms with Gasteiger partial charge in [0.2, 0.25) is 0 Å². The van der Waals surface area contributed by atoms with Crippen LogP contribution in [0.4, 0.5) is 0 Å². The van der Waals surface area contributed by atoms with Crippen LogP contribution in [0.2, 0.25) is 0 Å². The maximum Gasteiger partial charge on any atom is 0.0491 e. The smallest absolute Gasteiger partial charge is 0.0491 e. The topological polar surface area (TPSA) is 29.0 Å². The molecule has 1 aromatic carbocycles. The molecule has 0 amide bonds. The van der Waals surface area contributed by atoms with Gasteiger partial charge in [-0.15, -0.1) is 0 Å². The van der Waals surface area contributed by atoms with E-state index in [0.29, 0.717) is 12.1 Å². The first-order valence-electron chi connectivity index (χ1n) is 9.71. The molecule has 3 heterocycles. The molecule has 0 saturated carbocycles. The van der Waals surface area contributed by atoms with Crippen LogP contribution in [0.5, 0.6) is 0 Å². The summed E-state index contributed by atoms with van der Waals surface area (Å²) in [6.45, 7) is 10.2. The van der Waals surface area contributed by atoms with Gasteiger partial charge in [0.25, 0.3) is 0 Å². The molecule has 130 valence electrons. The molecule has 24 heavy (non-hydrogen) atoms. The van der Waals surface area contributed by atoms with E-state index in [0.717, 1.165) is 19.5 Å². The van der Waals surface area contributed by atoms with E-state index in [2.05, 4.69) is 48.1 Å². The second-order valence-corrected chi connectivity index (χ2v) is 7.97. The first-order valence-corrected chi connectivity index (χ1v) is 9.71. The lowest BCUT2D eigenvalue weighted by Gasteiger charge is -2.26. The van der Waals surface area contributed by atoms with E-state index in [1.165, 1.54) is 54.3 Å². The number of rotatable bonds is 3. The maximum absolute atomic E-state index is 3.72. The van der Waals surface area contributed by atoms with E-state index < -0.39 is 0 Å². The third-order valence-corrected chi connectivity index (χ3v) is 5.97. The molecule has 1 aromatic heterocycles. The minimum Gasteiger partial charge on any atom is -0.344 e. The van der Waals surface area contributed by atoms with Crippen LogP contribution in [0.15, 0.2) is 12.1 Å². The number of aryl methyl sites for hydroxylation is 3. The summed E-state index contributed by atoms with van der Waals surface area (Å²) in [5.41, 5.74) is 7.42. The lowest BCUT2D eigenvalue weighted by molar-refractivity contribution is 0.365. The zero-order chi connectivity index (χ0) is 16.7. The lowest BCUT2D eigenvalue weighted by Crippen LogP contribution is -2.36. The normalized spacial score (nSPS) is 24.3. The van der Waals surface area contributed by atoms with Crippen molar-refractivity contribution in [1.29, 1.82) is 0 Å². The van der Waals surface area contributed by atoms with Gasteiger partial charge in [-0.05, 0) is 69.3 Å². The van der Waals surface area contributed by atoms with Gasteiger partial charge >= 0.3 is 0 Å². The molecule has 2 aliphatic rings. The van der Waals surface area contributed by atoms with Gasteiger partial charge in [0.1, 0.15) is 0 Å². The zero-order valence-corrected chi connectivity index (χ0v) is 15.4. The van der Waals surface area contributed by atoms with Crippen molar-refractivity contribution in [2.45, 2.75) is 78.0 Å². The molecule has 2 aliphatic heterocycles. The summed E-state index contributed by atoms with van der Waals surface area (Å²) >= 11 is 0. The Labute approximate surface area is 145 Å². The summed E-state index contributed by atoms with van der Waals surface area (Å²) in [4.78, 5) is 0. The molecule has 0 aliphatic carbocycles. The van der Waals surface area contributed by atoms with E-state index in [4.69, 9.17) is 0 Å². The number of fused-ring (bicyclic) bond motifs is 3. The highest BCUT2D eigenvalue weighted by molar-refractivity contribution is 5.89. The van der Waals surface area contributed by atoms with Gasteiger partial charge in [-0.2, -0.15) is 0 Å². The van der Waals surface area contributed by atoms with Crippen LogP contribution >= 0.6 is 0 Å². The predicted molar refractivity (Wildman–Crippen MR) is 102 cm³/mol. The molecule has 1 saturated heterocycles. The van der Waals surface area contributed by atoms with Gasteiger partial charge in [-0.3, -0.25) is 0 Å². The van der Waals surface area contributed by atoms with Crippen LogP contribution in [0, 0.1) is 13.8 Å². The Kier molecular flexibility index (Phi) is 4.40. The Morgan fingerprint density at radius 3 is 2.83 bits per heavy atom. The fraction of sp³-hybridized carbons (Fsp3) is 0.619. The molecule has 2 unspecified atom stereocenters. The van der Waals surface area contributed by atoms with Gasteiger partial charge in [0.05, 0.1) is 0 Å². The summed E-state index contributed by atoms with van der Waals surface area (Å²) in [7, 11) is 0. The lowest BCUT2D eigenvalue weighted by atomic mass is 9.98. The van der Waals surface area contributed by atoms with Crippen molar-refractivity contribution < 1.29 is 0 Å². The minimum atomic E-state index is 0.578. The molecule has 4 rings (SSSR count). The molecule has 2 aromatic rings. The second kappa shape index (κ2) is 6.53. The summed E-state index contributed by atoms with van der Waals surface area (Å²) in [5.74, 6) is 0. The highest BCUT2D eigenvalue weighted by atomic mass is 15.0. The molecule has 1 fully saturated rings. The fourth-order valence-electron chi connectivity index (χ4n) is 4.78. The Hall–Kier alpha value is -1.32. The van der Waals surface area contributed by atoms with Crippen LogP contribution in [0.1, 0.15) is 55.0 Å². The number of piperidine rings is 1. The summed E-state index contributed by atoms with van der Waals surface area (Å²) in [5, 5.41) is 8.89. The molecule has 2 N–H and O–H groups in total. The molecule has 3 nitrogen and oxygen atoms in total. The van der Waals surface area contributed by atoms with Crippen molar-refractivity contribution >= 4 is 10.9 Å². The van der Waals surface area contributed by atoms with Gasteiger partial charge in [0.15, 0.2) is 0 Å². The average molecular weight is 326 g/mol. The zero-order valence-electron chi connectivity index (χ0n) is 15.4. The number of nitrogens with zero attached hydrogens (tertiary/aromatic N) is 1. The third-order valence-electron chi connectivity index (χ3n) is 5.97. The van der Waals surface area contributed by atoms with Crippen LogP contribution in [0.25, 0.3) is 10.9 Å². The molecule has 0 spiro atoms. The first kappa shape index (κ1) is 16.2. The van der Waals surface area contributed by atoms with E-state index in [1.807, 2.05) is 0 Å². The summed E-state index contributed by atoms with van der Waals surface area (Å²) in [6, 6.07) is 6.03. The van der Waals surface area contributed by atoms with Gasteiger partial charge in [-0.1, -0.05) is 12.5 Å². The standard InChI is InChI=1S/C21H31N3/c1-14-10-15(2)21-18-13-23-16(3)12-19(18)24(20(21)11-14)9-7-17-6-4-5-8-22-17/h10-11,16-17,22-23H,4-9,12-13H2,1-3H3. The van der Waals surface area contributed by atoms with Crippen LogP contribution < -0.4 is 10.6 Å². The number of nitrogens with one attached hydrogen (secondary N) is 2. The van der Waals surface area contributed by atoms with Gasteiger partial charge in [0, 0.05) is 48.2 Å². The van der Waals surface area contributed by atoms with Crippen molar-refractivity contribution in [2.24, 2.45) is 0 Å². The van der Waals surface area contributed by atoms with E-state index in [-0.39, 0.29) is 0 Å². The maximum atomic E-state index is 3.72. The molecule has 3 heteroatoms. The van der Waals surface area contributed by atoms with Crippen LogP contribution in [-0.4, -0.2) is 23.2 Å². The predicted octanol–water partition coefficient (Wildman–Crippen LogP) is 3.82. The van der Waals surface area contributed by atoms with Crippen LogP contribution in [0.3, 0.4) is 0 Å². The molecule has 2 atom stereocenters. The monoisotopic (exact) mass is 325 g/mol. The molecular formula is C21H31N3. The van der Waals surface area contributed by atoms with Crippen molar-refractivity contribution in [2.75, 3.05) is 6.54 Å². The minimum absolute atomic E-state index is 0.578. The van der Waals surface area contributed by atoms with E-state index >= 15 is 0 Å². The average Bonchev–Trinajstić information content (AvgIpc) is 2.86. The Morgan fingerprint density at radius 2 is 2.04 bits per heavy atom. The molecule has 0 bridgehead atoms. The number of hydrogen-bond donors (Lipinski definition) is 2. The second-order valence-electron chi connectivity index (χ2n) is 7.97. The van der Waals surface area contributed by atoms with Gasteiger partial charge in [-0.25, -0.2) is 0 Å². The Morgan fingerprint density at radius 1 is 1.17 bits per heavy atom. The summed E-state index contributed by atoms with van der Waals surface area (Å²) < 4.78 is 2.65. The van der Waals surface area contributed by atoms with E-state index in [1.54, 1.807) is 11.3 Å². The SMILES string of the molecule is Cc1cc(C)c2c3c(n(CCC4CCCCN4)c2c1)CC(C)NC3. The third kappa shape index (κ3) is 2.89. The number of aromatic nitrogens is 1. The van der Waals surface area contributed by atoms with Crippen molar-refractivity contribution in [3.63, 3.8) is 0 Å². The van der Waals surface area contributed by atoms with Crippen molar-refractivity contribution in [3.8, 4) is 0 Å². The molecule has 0 radical (unpaired) electrons.